The van der Waals surface area contributed by atoms with Gasteiger partial charge in [-0.2, -0.15) is 13.2 Å². The van der Waals surface area contributed by atoms with Gasteiger partial charge >= 0.3 is 12.1 Å². The molecule has 0 aliphatic carbocycles. The minimum atomic E-state index is -4.44. The molecule has 17 heavy (non-hydrogen) atoms. The standard InChI is InChI=1S/C11H12F3NO2/c1-6-2-3-7(5-9(15)10(16)17)4-8(6)11(12,13)14/h2-4,9H,5,15H2,1H3,(H,16,17)/t9-/m0/s1. The number of aliphatic carboxylic acids is 1. The lowest BCUT2D eigenvalue weighted by atomic mass is 10.00. The number of hydrogen-bond acceptors (Lipinski definition) is 2. The van der Waals surface area contributed by atoms with Gasteiger partial charge in [0.25, 0.3) is 0 Å². The zero-order valence-corrected chi connectivity index (χ0v) is 9.08. The van der Waals surface area contributed by atoms with E-state index in [0.717, 1.165) is 6.07 Å². The first-order valence-electron chi connectivity index (χ1n) is 4.87. The second kappa shape index (κ2) is 4.75. The quantitative estimate of drug-likeness (QED) is 0.858. The van der Waals surface area contributed by atoms with Crippen LogP contribution in [-0.2, 0) is 17.4 Å². The van der Waals surface area contributed by atoms with Crippen LogP contribution in [0.4, 0.5) is 13.2 Å². The summed E-state index contributed by atoms with van der Waals surface area (Å²) in [5.41, 5.74) is 4.87. The Morgan fingerprint density at radius 3 is 2.53 bits per heavy atom. The Balaban J connectivity index is 3.01. The first kappa shape index (κ1) is 13.5. The van der Waals surface area contributed by atoms with Crippen molar-refractivity contribution in [2.45, 2.75) is 25.6 Å². The summed E-state index contributed by atoms with van der Waals surface area (Å²) >= 11 is 0. The third kappa shape index (κ3) is 3.45. The van der Waals surface area contributed by atoms with E-state index in [1.807, 2.05) is 0 Å². The summed E-state index contributed by atoms with van der Waals surface area (Å²) in [5.74, 6) is -1.24. The van der Waals surface area contributed by atoms with E-state index >= 15 is 0 Å². The van der Waals surface area contributed by atoms with E-state index in [-0.39, 0.29) is 17.5 Å². The molecule has 1 aromatic carbocycles. The van der Waals surface area contributed by atoms with Crippen LogP contribution in [0.5, 0.6) is 0 Å². The van der Waals surface area contributed by atoms with Crippen LogP contribution in [0, 0.1) is 6.92 Å². The lowest BCUT2D eigenvalue weighted by molar-refractivity contribution is -0.138. The Morgan fingerprint density at radius 2 is 2.06 bits per heavy atom. The highest BCUT2D eigenvalue weighted by molar-refractivity contribution is 5.73. The zero-order valence-electron chi connectivity index (χ0n) is 9.08. The molecule has 0 saturated carbocycles. The van der Waals surface area contributed by atoms with Crippen molar-refractivity contribution in [1.82, 2.24) is 0 Å². The van der Waals surface area contributed by atoms with Crippen molar-refractivity contribution in [3.8, 4) is 0 Å². The Hall–Kier alpha value is -1.56. The van der Waals surface area contributed by atoms with Gasteiger partial charge in [-0.25, -0.2) is 0 Å². The second-order valence-electron chi connectivity index (χ2n) is 3.80. The number of nitrogens with two attached hydrogens (primary N) is 1. The fourth-order valence-electron chi connectivity index (χ4n) is 1.44. The highest BCUT2D eigenvalue weighted by Crippen LogP contribution is 2.32. The molecule has 3 nitrogen and oxygen atoms in total. The average Bonchev–Trinajstić information content (AvgIpc) is 2.19. The molecular formula is C11H12F3NO2. The number of alkyl halides is 3. The van der Waals surface area contributed by atoms with Crippen LogP contribution < -0.4 is 5.73 Å². The molecule has 0 bridgehead atoms. The molecule has 1 atom stereocenters. The summed E-state index contributed by atoms with van der Waals surface area (Å²) in [6.07, 6.45) is -4.56. The van der Waals surface area contributed by atoms with Crippen molar-refractivity contribution >= 4 is 5.97 Å². The lowest BCUT2D eigenvalue weighted by Gasteiger charge is -2.13. The lowest BCUT2D eigenvalue weighted by Crippen LogP contribution is -2.32. The molecule has 0 radical (unpaired) electrons. The van der Waals surface area contributed by atoms with E-state index in [1.54, 1.807) is 0 Å². The van der Waals surface area contributed by atoms with Gasteiger partial charge in [0.1, 0.15) is 6.04 Å². The van der Waals surface area contributed by atoms with Crippen LogP contribution in [0.2, 0.25) is 0 Å². The topological polar surface area (TPSA) is 63.3 Å². The van der Waals surface area contributed by atoms with Crippen LogP contribution in [0.3, 0.4) is 0 Å². The fourth-order valence-corrected chi connectivity index (χ4v) is 1.44. The molecule has 0 unspecified atom stereocenters. The fraction of sp³-hybridized carbons (Fsp3) is 0.364. The van der Waals surface area contributed by atoms with Crippen molar-refractivity contribution in [1.29, 1.82) is 0 Å². The molecule has 94 valence electrons. The number of carboxylic acid groups (broad SMARTS) is 1. The molecule has 0 aromatic heterocycles. The normalized spacial score (nSPS) is 13.5. The second-order valence-corrected chi connectivity index (χ2v) is 3.80. The minimum absolute atomic E-state index is 0.102. The number of hydrogen-bond donors (Lipinski definition) is 2. The molecule has 0 spiro atoms. The van der Waals surface area contributed by atoms with Gasteiger partial charge in [-0.15, -0.1) is 0 Å². The molecule has 0 heterocycles. The van der Waals surface area contributed by atoms with E-state index in [2.05, 4.69) is 0 Å². The van der Waals surface area contributed by atoms with Crippen LogP contribution >= 0.6 is 0 Å². The summed E-state index contributed by atoms with van der Waals surface area (Å²) < 4.78 is 37.7. The molecule has 0 saturated heterocycles. The number of rotatable bonds is 3. The first-order chi connectivity index (χ1) is 7.71. The maximum absolute atomic E-state index is 12.6. The van der Waals surface area contributed by atoms with Crippen LogP contribution in [-0.4, -0.2) is 17.1 Å². The van der Waals surface area contributed by atoms with Crippen molar-refractivity contribution in [3.05, 3.63) is 34.9 Å². The number of carboxylic acids is 1. The predicted octanol–water partition coefficient (Wildman–Crippen LogP) is 1.97. The van der Waals surface area contributed by atoms with E-state index in [0.29, 0.717) is 0 Å². The predicted molar refractivity (Wildman–Crippen MR) is 55.5 cm³/mol. The molecule has 0 amide bonds. The van der Waals surface area contributed by atoms with Gasteiger partial charge in [0.2, 0.25) is 0 Å². The summed E-state index contributed by atoms with van der Waals surface area (Å²) in [6.45, 7) is 1.35. The molecule has 6 heteroatoms. The van der Waals surface area contributed by atoms with Crippen LogP contribution in [0.25, 0.3) is 0 Å². The van der Waals surface area contributed by atoms with Gasteiger partial charge < -0.3 is 10.8 Å². The van der Waals surface area contributed by atoms with Gasteiger partial charge in [0, 0.05) is 0 Å². The summed E-state index contributed by atoms with van der Waals surface area (Å²) in [4.78, 5) is 10.5. The molecule has 3 N–H and O–H groups in total. The third-order valence-electron chi connectivity index (χ3n) is 2.38. The van der Waals surface area contributed by atoms with E-state index in [1.165, 1.54) is 19.1 Å². The summed E-state index contributed by atoms with van der Waals surface area (Å²) in [5, 5.41) is 8.58. The largest absolute Gasteiger partial charge is 0.480 e. The highest BCUT2D eigenvalue weighted by atomic mass is 19.4. The maximum atomic E-state index is 12.6. The van der Waals surface area contributed by atoms with Crippen molar-refractivity contribution < 1.29 is 23.1 Å². The van der Waals surface area contributed by atoms with Gasteiger partial charge in [0.15, 0.2) is 0 Å². The minimum Gasteiger partial charge on any atom is -0.480 e. The molecule has 0 fully saturated rings. The number of benzene rings is 1. The van der Waals surface area contributed by atoms with E-state index in [9.17, 15) is 18.0 Å². The summed E-state index contributed by atoms with van der Waals surface area (Å²) in [7, 11) is 0. The van der Waals surface area contributed by atoms with Gasteiger partial charge in [-0.1, -0.05) is 12.1 Å². The smallest absolute Gasteiger partial charge is 0.416 e. The van der Waals surface area contributed by atoms with E-state index in [4.69, 9.17) is 10.8 Å². The summed E-state index contributed by atoms with van der Waals surface area (Å²) in [6, 6.07) is 2.51. The van der Waals surface area contributed by atoms with Gasteiger partial charge in [-0.05, 0) is 30.5 Å². The highest BCUT2D eigenvalue weighted by Gasteiger charge is 2.32. The molecule has 1 rings (SSSR count). The molecule has 0 aliphatic heterocycles. The maximum Gasteiger partial charge on any atom is 0.416 e. The Labute approximate surface area is 96.0 Å². The molecule has 0 aliphatic rings. The van der Waals surface area contributed by atoms with Gasteiger partial charge in [0.05, 0.1) is 5.56 Å². The number of halogens is 3. The van der Waals surface area contributed by atoms with Crippen LogP contribution in [0.15, 0.2) is 18.2 Å². The Morgan fingerprint density at radius 1 is 1.47 bits per heavy atom. The zero-order chi connectivity index (χ0) is 13.2. The Kier molecular flexibility index (Phi) is 3.77. The van der Waals surface area contributed by atoms with Crippen molar-refractivity contribution in [2.24, 2.45) is 5.73 Å². The van der Waals surface area contributed by atoms with Crippen LogP contribution in [0.1, 0.15) is 16.7 Å². The number of aryl methyl sites for hydroxylation is 1. The molecule has 1 aromatic rings. The van der Waals surface area contributed by atoms with Crippen molar-refractivity contribution in [3.63, 3.8) is 0 Å². The van der Waals surface area contributed by atoms with Crippen molar-refractivity contribution in [2.75, 3.05) is 0 Å². The van der Waals surface area contributed by atoms with E-state index < -0.39 is 23.8 Å². The molecular weight excluding hydrogens is 235 g/mol. The third-order valence-corrected chi connectivity index (χ3v) is 2.38. The van der Waals surface area contributed by atoms with Gasteiger partial charge in [-0.3, -0.25) is 4.79 Å². The SMILES string of the molecule is Cc1ccc(C[C@H](N)C(=O)O)cc1C(F)(F)F. The first-order valence-corrected chi connectivity index (χ1v) is 4.87. The Bertz CT molecular complexity index is 429. The monoisotopic (exact) mass is 247 g/mol. The number of carbonyl (C=O) groups is 1. The average molecular weight is 247 g/mol.